The first-order valence-corrected chi connectivity index (χ1v) is 8.11. The molecule has 8 nitrogen and oxygen atoms in total. The van der Waals surface area contributed by atoms with Crippen molar-refractivity contribution >= 4 is 18.0 Å². The van der Waals surface area contributed by atoms with Crippen LogP contribution in [0.3, 0.4) is 0 Å². The van der Waals surface area contributed by atoms with E-state index in [0.717, 1.165) is 0 Å². The zero-order valence-electron chi connectivity index (χ0n) is 15.1. The smallest absolute Gasteiger partial charge is 0.259 e. The molecule has 0 atom stereocenters. The number of carbonyl (C=O) groups is 2. The Hall–Kier alpha value is -3.55. The quantitative estimate of drug-likeness (QED) is 0.512. The Bertz CT molecular complexity index is 793. The molecule has 0 saturated heterocycles. The van der Waals surface area contributed by atoms with Crippen molar-refractivity contribution in [3.8, 4) is 17.2 Å². The number of nitrogens with one attached hydrogen (secondary N) is 2. The van der Waals surface area contributed by atoms with E-state index in [0.29, 0.717) is 22.8 Å². The first kappa shape index (κ1) is 19.8. The number of amides is 2. The normalized spacial score (nSPS) is 10.3. The van der Waals surface area contributed by atoms with Crippen molar-refractivity contribution < 1.29 is 23.8 Å². The average molecular weight is 371 g/mol. The van der Waals surface area contributed by atoms with E-state index in [1.807, 2.05) is 6.07 Å². The molecule has 0 bridgehead atoms. The molecule has 142 valence electrons. The number of methoxy groups -OCH3 is 2. The van der Waals surface area contributed by atoms with E-state index in [4.69, 9.17) is 14.2 Å². The largest absolute Gasteiger partial charge is 0.497 e. The van der Waals surface area contributed by atoms with Crippen LogP contribution in [-0.4, -0.2) is 45.4 Å². The van der Waals surface area contributed by atoms with Gasteiger partial charge in [-0.05, 0) is 30.3 Å². The predicted octanol–water partition coefficient (Wildman–Crippen LogP) is 1.35. The highest BCUT2D eigenvalue weighted by atomic mass is 16.5. The summed E-state index contributed by atoms with van der Waals surface area (Å²) in [6.45, 7) is -0.398. The van der Waals surface area contributed by atoms with Gasteiger partial charge in [0, 0.05) is 5.56 Å². The van der Waals surface area contributed by atoms with Gasteiger partial charge in [0.05, 0.1) is 27.0 Å². The summed E-state index contributed by atoms with van der Waals surface area (Å²) in [4.78, 5) is 23.4. The Kier molecular flexibility index (Phi) is 7.65. The summed E-state index contributed by atoms with van der Waals surface area (Å²) in [6.07, 6.45) is 1.43. The van der Waals surface area contributed by atoms with Crippen molar-refractivity contribution in [3.05, 3.63) is 54.1 Å². The summed E-state index contributed by atoms with van der Waals surface area (Å²) in [5.41, 5.74) is 2.96. The van der Waals surface area contributed by atoms with E-state index in [2.05, 4.69) is 15.8 Å². The van der Waals surface area contributed by atoms with Gasteiger partial charge in [0.2, 0.25) is 0 Å². The van der Waals surface area contributed by atoms with E-state index < -0.39 is 11.8 Å². The minimum absolute atomic E-state index is 0.179. The third-order valence-corrected chi connectivity index (χ3v) is 3.39. The highest BCUT2D eigenvalue weighted by Crippen LogP contribution is 2.22. The van der Waals surface area contributed by atoms with Crippen LogP contribution in [0.15, 0.2) is 53.6 Å². The molecule has 2 aromatic rings. The molecule has 0 aliphatic heterocycles. The second-order valence-corrected chi connectivity index (χ2v) is 5.28. The molecule has 0 fully saturated rings. The van der Waals surface area contributed by atoms with Crippen molar-refractivity contribution in [1.82, 2.24) is 10.7 Å². The topological polar surface area (TPSA) is 98.3 Å². The number of benzene rings is 2. The summed E-state index contributed by atoms with van der Waals surface area (Å²) in [7, 11) is 3.08. The summed E-state index contributed by atoms with van der Waals surface area (Å²) in [5, 5.41) is 6.30. The minimum atomic E-state index is -0.471. The van der Waals surface area contributed by atoms with E-state index in [1.165, 1.54) is 13.3 Å². The maximum absolute atomic E-state index is 11.8. The van der Waals surface area contributed by atoms with Crippen LogP contribution >= 0.6 is 0 Å². The number of nitrogens with zero attached hydrogens (tertiary/aromatic N) is 1. The van der Waals surface area contributed by atoms with E-state index in [9.17, 15) is 9.59 Å². The molecule has 0 heterocycles. The fourth-order valence-corrected chi connectivity index (χ4v) is 2.05. The van der Waals surface area contributed by atoms with Gasteiger partial charge in [-0.3, -0.25) is 9.59 Å². The minimum Gasteiger partial charge on any atom is -0.497 e. The number of ether oxygens (including phenoxy) is 3. The molecular weight excluding hydrogens is 350 g/mol. The first-order chi connectivity index (χ1) is 13.1. The van der Waals surface area contributed by atoms with Crippen LogP contribution in [0.25, 0.3) is 0 Å². The van der Waals surface area contributed by atoms with Gasteiger partial charge in [0.1, 0.15) is 17.2 Å². The molecular formula is C19H21N3O5. The highest BCUT2D eigenvalue weighted by molar-refractivity contribution is 5.88. The van der Waals surface area contributed by atoms with Crippen molar-refractivity contribution in [3.63, 3.8) is 0 Å². The van der Waals surface area contributed by atoms with Gasteiger partial charge in [-0.25, -0.2) is 5.43 Å². The highest BCUT2D eigenvalue weighted by Gasteiger charge is 2.06. The lowest BCUT2D eigenvalue weighted by Gasteiger charge is -2.07. The Morgan fingerprint density at radius 2 is 1.78 bits per heavy atom. The standard InChI is InChI=1S/C19H21N3O5/c1-25-16-8-9-17(26-2)14(10-16)11-21-22-18(23)12-20-19(24)13-27-15-6-4-3-5-7-15/h3-11H,12-13H2,1-2H3,(H,20,24)(H,22,23)/b21-11+. The summed E-state index contributed by atoms with van der Waals surface area (Å²) in [5.74, 6) is 0.914. The summed E-state index contributed by atoms with van der Waals surface area (Å²) in [6, 6.07) is 14.1. The van der Waals surface area contributed by atoms with E-state index in [-0.39, 0.29) is 13.2 Å². The maximum Gasteiger partial charge on any atom is 0.259 e. The third-order valence-electron chi connectivity index (χ3n) is 3.39. The molecule has 0 aliphatic rings. The molecule has 0 aliphatic carbocycles. The fraction of sp³-hybridized carbons (Fsp3) is 0.211. The second kappa shape index (κ2) is 10.4. The zero-order valence-corrected chi connectivity index (χ0v) is 15.1. The van der Waals surface area contributed by atoms with Gasteiger partial charge >= 0.3 is 0 Å². The lowest BCUT2D eigenvalue weighted by molar-refractivity contribution is -0.127. The lowest BCUT2D eigenvalue weighted by atomic mass is 10.2. The van der Waals surface area contributed by atoms with Gasteiger partial charge in [-0.1, -0.05) is 18.2 Å². The second-order valence-electron chi connectivity index (χ2n) is 5.28. The number of carbonyl (C=O) groups excluding carboxylic acids is 2. The Balaban J connectivity index is 1.75. The van der Waals surface area contributed by atoms with Crippen LogP contribution in [0.5, 0.6) is 17.2 Å². The van der Waals surface area contributed by atoms with Crippen molar-refractivity contribution in [2.75, 3.05) is 27.4 Å². The Morgan fingerprint density at radius 3 is 2.48 bits per heavy atom. The van der Waals surface area contributed by atoms with Crippen LogP contribution in [-0.2, 0) is 9.59 Å². The lowest BCUT2D eigenvalue weighted by Crippen LogP contribution is -2.37. The van der Waals surface area contributed by atoms with Crippen molar-refractivity contribution in [1.29, 1.82) is 0 Å². The molecule has 0 unspecified atom stereocenters. The number of hydrogen-bond donors (Lipinski definition) is 2. The molecule has 2 amide bonds. The fourth-order valence-electron chi connectivity index (χ4n) is 2.05. The maximum atomic E-state index is 11.8. The number of hydrazone groups is 1. The summed E-state index contributed by atoms with van der Waals surface area (Å²) >= 11 is 0. The molecule has 2 aromatic carbocycles. The van der Waals surface area contributed by atoms with Crippen molar-refractivity contribution in [2.45, 2.75) is 0 Å². The van der Waals surface area contributed by atoms with Gasteiger partial charge in [0.15, 0.2) is 6.61 Å². The molecule has 0 saturated carbocycles. The monoisotopic (exact) mass is 371 g/mol. The first-order valence-electron chi connectivity index (χ1n) is 8.11. The Morgan fingerprint density at radius 1 is 1.00 bits per heavy atom. The number of para-hydroxylation sites is 1. The van der Waals surface area contributed by atoms with Crippen LogP contribution in [0.2, 0.25) is 0 Å². The van der Waals surface area contributed by atoms with Gasteiger partial charge in [-0.2, -0.15) is 5.10 Å². The molecule has 0 radical (unpaired) electrons. The Labute approximate surface area is 157 Å². The molecule has 0 spiro atoms. The van der Waals surface area contributed by atoms with Crippen LogP contribution in [0.4, 0.5) is 0 Å². The van der Waals surface area contributed by atoms with E-state index >= 15 is 0 Å². The van der Waals surface area contributed by atoms with Gasteiger partial charge in [-0.15, -0.1) is 0 Å². The van der Waals surface area contributed by atoms with E-state index in [1.54, 1.807) is 49.6 Å². The zero-order chi connectivity index (χ0) is 19.5. The van der Waals surface area contributed by atoms with Crippen LogP contribution in [0, 0.1) is 0 Å². The van der Waals surface area contributed by atoms with Crippen LogP contribution < -0.4 is 25.0 Å². The SMILES string of the molecule is COc1ccc(OC)c(/C=N/NC(=O)CNC(=O)COc2ccccc2)c1. The predicted molar refractivity (Wildman–Crippen MR) is 100 cm³/mol. The van der Waals surface area contributed by atoms with Gasteiger partial charge < -0.3 is 19.5 Å². The summed E-state index contributed by atoms with van der Waals surface area (Å²) < 4.78 is 15.6. The molecule has 0 aromatic heterocycles. The molecule has 2 rings (SSSR count). The third kappa shape index (κ3) is 6.69. The van der Waals surface area contributed by atoms with Gasteiger partial charge in [0.25, 0.3) is 11.8 Å². The molecule has 2 N–H and O–H groups in total. The number of rotatable bonds is 9. The van der Waals surface area contributed by atoms with Crippen molar-refractivity contribution in [2.24, 2.45) is 5.10 Å². The average Bonchev–Trinajstić information content (AvgIpc) is 2.71. The number of hydrogen-bond acceptors (Lipinski definition) is 6. The van der Waals surface area contributed by atoms with Crippen LogP contribution in [0.1, 0.15) is 5.56 Å². The molecule has 8 heteroatoms. The molecule has 27 heavy (non-hydrogen) atoms.